The van der Waals surface area contributed by atoms with Crippen LogP contribution in [0.15, 0.2) is 24.3 Å². The second-order valence-corrected chi connectivity index (χ2v) is 5.78. The lowest BCUT2D eigenvalue weighted by molar-refractivity contribution is -0.121. The van der Waals surface area contributed by atoms with Gasteiger partial charge in [-0.1, -0.05) is 31.2 Å². The Morgan fingerprint density at radius 1 is 1.24 bits per heavy atom. The average Bonchev–Trinajstić information content (AvgIpc) is 3.35. The Kier molecular flexibility index (Phi) is 5.51. The molecule has 1 aliphatic rings. The smallest absolute Gasteiger partial charge is 0.220 e. The fourth-order valence-electron chi connectivity index (χ4n) is 2.31. The summed E-state index contributed by atoms with van der Waals surface area (Å²) in [4.78, 5) is 23.7. The SMILES string of the molecule is CCc1ccc(C(=O)CCC(=O)NCC(N)C2CC2)cc1. The van der Waals surface area contributed by atoms with E-state index in [-0.39, 0.29) is 30.6 Å². The first kappa shape index (κ1) is 15.7. The Bertz CT molecular complexity index is 492. The topological polar surface area (TPSA) is 72.2 Å². The van der Waals surface area contributed by atoms with E-state index < -0.39 is 0 Å². The van der Waals surface area contributed by atoms with Crippen molar-refractivity contribution < 1.29 is 9.59 Å². The first-order valence-electron chi connectivity index (χ1n) is 7.74. The van der Waals surface area contributed by atoms with Gasteiger partial charge in [0.1, 0.15) is 0 Å². The summed E-state index contributed by atoms with van der Waals surface area (Å²) in [6.07, 6.45) is 3.77. The molecule has 2 rings (SSSR count). The van der Waals surface area contributed by atoms with Crippen molar-refractivity contribution in [2.75, 3.05) is 6.54 Å². The zero-order chi connectivity index (χ0) is 15.2. The molecule has 0 heterocycles. The maximum absolute atomic E-state index is 12.0. The van der Waals surface area contributed by atoms with Crippen LogP contribution in [0.1, 0.15) is 48.5 Å². The summed E-state index contributed by atoms with van der Waals surface area (Å²) in [5.74, 6) is 0.493. The van der Waals surface area contributed by atoms with Gasteiger partial charge >= 0.3 is 0 Å². The Hall–Kier alpha value is -1.68. The largest absolute Gasteiger partial charge is 0.355 e. The molecule has 0 radical (unpaired) electrons. The van der Waals surface area contributed by atoms with Crippen LogP contribution in [0.3, 0.4) is 0 Å². The third kappa shape index (κ3) is 4.97. The average molecular weight is 288 g/mol. The summed E-state index contributed by atoms with van der Waals surface area (Å²) < 4.78 is 0. The quantitative estimate of drug-likeness (QED) is 0.719. The van der Waals surface area contributed by atoms with Gasteiger partial charge in [0.2, 0.25) is 5.91 Å². The van der Waals surface area contributed by atoms with Crippen LogP contribution in [-0.4, -0.2) is 24.3 Å². The zero-order valence-electron chi connectivity index (χ0n) is 12.6. The van der Waals surface area contributed by atoms with Crippen LogP contribution in [0.25, 0.3) is 0 Å². The second-order valence-electron chi connectivity index (χ2n) is 5.78. The Morgan fingerprint density at radius 2 is 1.90 bits per heavy atom. The number of aryl methyl sites for hydroxylation is 1. The molecule has 1 aromatic carbocycles. The third-order valence-corrected chi connectivity index (χ3v) is 4.03. The number of hydrogen-bond donors (Lipinski definition) is 2. The van der Waals surface area contributed by atoms with E-state index >= 15 is 0 Å². The van der Waals surface area contributed by atoms with E-state index in [2.05, 4.69) is 12.2 Å². The molecule has 0 saturated heterocycles. The summed E-state index contributed by atoms with van der Waals surface area (Å²) in [6.45, 7) is 2.59. The second kappa shape index (κ2) is 7.36. The van der Waals surface area contributed by atoms with Crippen LogP contribution < -0.4 is 11.1 Å². The van der Waals surface area contributed by atoms with Crippen molar-refractivity contribution in [2.45, 2.75) is 45.1 Å². The zero-order valence-corrected chi connectivity index (χ0v) is 12.6. The summed E-state index contributed by atoms with van der Waals surface area (Å²) in [7, 11) is 0. The van der Waals surface area contributed by atoms with Crippen LogP contribution in [0.5, 0.6) is 0 Å². The minimum absolute atomic E-state index is 0.0132. The van der Waals surface area contributed by atoms with E-state index in [1.807, 2.05) is 24.3 Å². The maximum atomic E-state index is 12.0. The standard InChI is InChI=1S/C17H24N2O2/c1-2-12-3-5-14(6-4-12)16(20)9-10-17(21)19-11-15(18)13-7-8-13/h3-6,13,15H,2,7-11,18H2,1H3,(H,19,21). The highest BCUT2D eigenvalue weighted by Crippen LogP contribution is 2.31. The van der Waals surface area contributed by atoms with Gasteiger partial charge in [-0.3, -0.25) is 9.59 Å². The third-order valence-electron chi connectivity index (χ3n) is 4.03. The number of nitrogens with two attached hydrogens (primary N) is 1. The molecule has 1 aliphatic carbocycles. The molecule has 1 aromatic rings. The van der Waals surface area contributed by atoms with Crippen molar-refractivity contribution in [1.82, 2.24) is 5.32 Å². The van der Waals surface area contributed by atoms with Gasteiger partial charge in [-0.05, 0) is 30.7 Å². The predicted molar refractivity (Wildman–Crippen MR) is 83.1 cm³/mol. The maximum Gasteiger partial charge on any atom is 0.220 e. The van der Waals surface area contributed by atoms with Crippen LogP contribution >= 0.6 is 0 Å². The number of nitrogens with one attached hydrogen (secondary N) is 1. The molecule has 4 nitrogen and oxygen atoms in total. The molecule has 1 unspecified atom stereocenters. The number of carbonyl (C=O) groups is 2. The van der Waals surface area contributed by atoms with Crippen molar-refractivity contribution in [3.63, 3.8) is 0 Å². The molecule has 0 bridgehead atoms. The van der Waals surface area contributed by atoms with Crippen molar-refractivity contribution >= 4 is 11.7 Å². The van der Waals surface area contributed by atoms with E-state index in [1.165, 1.54) is 18.4 Å². The lowest BCUT2D eigenvalue weighted by Gasteiger charge is -2.11. The summed E-state index contributed by atoms with van der Waals surface area (Å²) in [5.41, 5.74) is 7.80. The first-order valence-corrected chi connectivity index (χ1v) is 7.74. The van der Waals surface area contributed by atoms with E-state index in [1.54, 1.807) is 0 Å². The number of amides is 1. The van der Waals surface area contributed by atoms with Gasteiger partial charge in [-0.15, -0.1) is 0 Å². The molecule has 3 N–H and O–H groups in total. The van der Waals surface area contributed by atoms with Crippen molar-refractivity contribution in [3.05, 3.63) is 35.4 Å². The summed E-state index contributed by atoms with van der Waals surface area (Å²) in [6, 6.07) is 7.65. The van der Waals surface area contributed by atoms with Gasteiger partial charge in [0.25, 0.3) is 0 Å². The van der Waals surface area contributed by atoms with E-state index in [0.29, 0.717) is 18.0 Å². The molecule has 1 saturated carbocycles. The molecule has 114 valence electrons. The fourth-order valence-corrected chi connectivity index (χ4v) is 2.31. The Labute approximate surface area is 126 Å². The normalized spacial score (nSPS) is 15.5. The van der Waals surface area contributed by atoms with Gasteiger partial charge < -0.3 is 11.1 Å². The highest BCUT2D eigenvalue weighted by atomic mass is 16.2. The van der Waals surface area contributed by atoms with Crippen LogP contribution in [0, 0.1) is 5.92 Å². The van der Waals surface area contributed by atoms with Gasteiger partial charge in [0.05, 0.1) is 0 Å². The minimum atomic E-state index is -0.0929. The monoisotopic (exact) mass is 288 g/mol. The van der Waals surface area contributed by atoms with Crippen molar-refractivity contribution in [1.29, 1.82) is 0 Å². The molecule has 21 heavy (non-hydrogen) atoms. The van der Waals surface area contributed by atoms with E-state index in [0.717, 1.165) is 6.42 Å². The number of Topliss-reactive ketones (excluding diaryl/α,β-unsaturated/α-hetero) is 1. The van der Waals surface area contributed by atoms with E-state index in [4.69, 9.17) is 5.73 Å². The number of ketones is 1. The number of hydrogen-bond acceptors (Lipinski definition) is 3. The molecule has 4 heteroatoms. The van der Waals surface area contributed by atoms with Gasteiger partial charge in [-0.25, -0.2) is 0 Å². The van der Waals surface area contributed by atoms with Crippen LogP contribution in [0.2, 0.25) is 0 Å². The minimum Gasteiger partial charge on any atom is -0.355 e. The lowest BCUT2D eigenvalue weighted by Crippen LogP contribution is -2.38. The molecule has 0 spiro atoms. The molecule has 1 fully saturated rings. The molecular formula is C17H24N2O2. The number of rotatable bonds is 8. The summed E-state index contributed by atoms with van der Waals surface area (Å²) in [5, 5.41) is 2.81. The fraction of sp³-hybridized carbons (Fsp3) is 0.529. The first-order chi connectivity index (χ1) is 10.1. The number of benzene rings is 1. The van der Waals surface area contributed by atoms with Gasteiger partial charge in [-0.2, -0.15) is 0 Å². The van der Waals surface area contributed by atoms with Crippen molar-refractivity contribution in [3.8, 4) is 0 Å². The molecular weight excluding hydrogens is 264 g/mol. The van der Waals surface area contributed by atoms with Gasteiger partial charge in [0.15, 0.2) is 5.78 Å². The Balaban J connectivity index is 1.70. The predicted octanol–water partition coefficient (Wildman–Crippen LogP) is 2.07. The molecule has 1 amide bonds. The molecule has 0 aliphatic heterocycles. The van der Waals surface area contributed by atoms with Gasteiger partial charge in [0, 0.05) is 31.0 Å². The highest BCUT2D eigenvalue weighted by molar-refractivity contribution is 5.97. The molecule has 0 aromatic heterocycles. The summed E-state index contributed by atoms with van der Waals surface area (Å²) >= 11 is 0. The Morgan fingerprint density at radius 3 is 2.48 bits per heavy atom. The number of carbonyl (C=O) groups excluding carboxylic acids is 2. The van der Waals surface area contributed by atoms with E-state index in [9.17, 15) is 9.59 Å². The highest BCUT2D eigenvalue weighted by Gasteiger charge is 2.28. The van der Waals surface area contributed by atoms with Crippen molar-refractivity contribution in [2.24, 2.45) is 11.7 Å². The lowest BCUT2D eigenvalue weighted by atomic mass is 10.0. The van der Waals surface area contributed by atoms with Crippen LogP contribution in [-0.2, 0) is 11.2 Å². The van der Waals surface area contributed by atoms with Crippen LogP contribution in [0.4, 0.5) is 0 Å². The molecule has 1 atom stereocenters.